The minimum absolute atomic E-state index is 0.809. The fourth-order valence-electron chi connectivity index (χ4n) is 2.63. The van der Waals surface area contributed by atoms with Crippen molar-refractivity contribution < 1.29 is 0 Å². The van der Waals surface area contributed by atoms with Gasteiger partial charge in [0.1, 0.15) is 0 Å². The first-order valence-electron chi connectivity index (χ1n) is 7.18. The number of fused-ring (bicyclic) bond motifs is 1. The first kappa shape index (κ1) is 13.0. The van der Waals surface area contributed by atoms with Gasteiger partial charge in [0.15, 0.2) is 0 Å². The monoisotopic (exact) mass is 275 g/mol. The fraction of sp³-hybridized carbons (Fsp3) is 0.533. The van der Waals surface area contributed by atoms with Crippen molar-refractivity contribution in [3.8, 4) is 0 Å². The van der Waals surface area contributed by atoms with Gasteiger partial charge in [-0.1, -0.05) is 12.1 Å². The third-order valence-corrected chi connectivity index (χ3v) is 4.78. The van der Waals surface area contributed by atoms with Crippen LogP contribution >= 0.6 is 11.3 Å². The van der Waals surface area contributed by atoms with E-state index < -0.39 is 0 Å². The van der Waals surface area contributed by atoms with Crippen LogP contribution in [0.15, 0.2) is 24.3 Å². The van der Waals surface area contributed by atoms with Crippen LogP contribution in [0.2, 0.25) is 0 Å². The molecule has 2 N–H and O–H groups in total. The molecular weight excluding hydrogens is 254 g/mol. The second-order valence-electron chi connectivity index (χ2n) is 5.24. The van der Waals surface area contributed by atoms with Gasteiger partial charge in [-0.15, -0.1) is 11.3 Å². The molecular formula is C15H21N3S. The molecule has 0 bridgehead atoms. The van der Waals surface area contributed by atoms with Crippen LogP contribution in [0.25, 0.3) is 10.2 Å². The molecule has 1 saturated heterocycles. The highest BCUT2D eigenvalue weighted by Gasteiger charge is 2.12. The Balaban J connectivity index is 1.44. The number of nitrogens with zero attached hydrogens (tertiary/aromatic N) is 1. The number of para-hydroxylation sites is 1. The molecule has 2 aromatic rings. The molecule has 3 nitrogen and oxygen atoms in total. The molecule has 0 aliphatic carbocycles. The Morgan fingerprint density at radius 1 is 1.37 bits per heavy atom. The van der Waals surface area contributed by atoms with Crippen LogP contribution in [0, 0.1) is 5.92 Å². The van der Waals surface area contributed by atoms with Gasteiger partial charge in [-0.05, 0) is 50.5 Å². The van der Waals surface area contributed by atoms with Gasteiger partial charge in [0.05, 0.1) is 15.2 Å². The number of hydrogen-bond donors (Lipinski definition) is 2. The van der Waals surface area contributed by atoms with E-state index >= 15 is 0 Å². The van der Waals surface area contributed by atoms with Crippen LogP contribution in [0.5, 0.6) is 0 Å². The number of rotatable bonds is 5. The number of thiazole rings is 1. The summed E-state index contributed by atoms with van der Waals surface area (Å²) in [6, 6.07) is 8.38. The lowest BCUT2D eigenvalue weighted by Crippen LogP contribution is -2.36. The Kier molecular flexibility index (Phi) is 4.43. The molecule has 4 heteroatoms. The van der Waals surface area contributed by atoms with Crippen molar-refractivity contribution in [3.63, 3.8) is 0 Å². The highest BCUT2D eigenvalue weighted by molar-refractivity contribution is 7.18. The van der Waals surface area contributed by atoms with E-state index in [0.29, 0.717) is 0 Å². The molecule has 0 radical (unpaired) electrons. The van der Waals surface area contributed by atoms with Gasteiger partial charge in [-0.25, -0.2) is 4.98 Å². The van der Waals surface area contributed by atoms with E-state index in [1.54, 1.807) is 0 Å². The third kappa shape index (κ3) is 3.53. The van der Waals surface area contributed by atoms with E-state index in [1.165, 1.54) is 35.6 Å². The molecule has 0 amide bonds. The summed E-state index contributed by atoms with van der Waals surface area (Å²) in [5.74, 6) is 0.809. The summed E-state index contributed by atoms with van der Waals surface area (Å²) in [5, 5.41) is 8.28. The Bertz CT molecular complexity index is 484. The molecule has 1 unspecified atom stereocenters. The summed E-state index contributed by atoms with van der Waals surface area (Å²) in [6.07, 6.45) is 3.73. The summed E-state index contributed by atoms with van der Waals surface area (Å²) >= 11 is 1.82. The number of piperidine rings is 1. The first-order chi connectivity index (χ1) is 9.42. The highest BCUT2D eigenvalue weighted by atomic mass is 32.1. The molecule has 1 aliphatic rings. The third-order valence-electron chi connectivity index (χ3n) is 3.69. The lowest BCUT2D eigenvalue weighted by molar-refractivity contribution is 0.361. The van der Waals surface area contributed by atoms with Crippen molar-refractivity contribution in [2.75, 3.05) is 26.2 Å². The van der Waals surface area contributed by atoms with Crippen LogP contribution in [-0.2, 0) is 6.42 Å². The number of hydrogen-bond acceptors (Lipinski definition) is 4. The van der Waals surface area contributed by atoms with Gasteiger partial charge < -0.3 is 10.6 Å². The van der Waals surface area contributed by atoms with Crippen LogP contribution in [0.1, 0.15) is 17.8 Å². The zero-order valence-electron chi connectivity index (χ0n) is 11.2. The van der Waals surface area contributed by atoms with Crippen LogP contribution in [0.4, 0.5) is 0 Å². The molecule has 1 aliphatic heterocycles. The Morgan fingerprint density at radius 3 is 3.16 bits per heavy atom. The molecule has 102 valence electrons. The maximum absolute atomic E-state index is 4.66. The molecule has 1 aromatic carbocycles. The SMILES string of the molecule is c1ccc2sc(CCNCC3CCCNC3)nc2c1. The largest absolute Gasteiger partial charge is 0.316 e. The molecule has 0 saturated carbocycles. The van der Waals surface area contributed by atoms with Gasteiger partial charge in [0.25, 0.3) is 0 Å². The van der Waals surface area contributed by atoms with E-state index in [9.17, 15) is 0 Å². The molecule has 3 rings (SSSR count). The topological polar surface area (TPSA) is 37.0 Å². The Morgan fingerprint density at radius 2 is 2.32 bits per heavy atom. The lowest BCUT2D eigenvalue weighted by atomic mass is 10.00. The van der Waals surface area contributed by atoms with E-state index in [4.69, 9.17) is 0 Å². The molecule has 1 fully saturated rings. The van der Waals surface area contributed by atoms with Crippen molar-refractivity contribution in [1.29, 1.82) is 0 Å². The summed E-state index contributed by atoms with van der Waals surface area (Å²) in [7, 11) is 0. The molecule has 1 atom stereocenters. The zero-order chi connectivity index (χ0) is 12.9. The second kappa shape index (κ2) is 6.46. The summed E-state index contributed by atoms with van der Waals surface area (Å²) < 4.78 is 1.30. The summed E-state index contributed by atoms with van der Waals surface area (Å²) in [4.78, 5) is 4.66. The van der Waals surface area contributed by atoms with Crippen LogP contribution < -0.4 is 10.6 Å². The lowest BCUT2D eigenvalue weighted by Gasteiger charge is -2.22. The van der Waals surface area contributed by atoms with Gasteiger partial charge in [-0.3, -0.25) is 0 Å². The molecule has 0 spiro atoms. The maximum atomic E-state index is 4.66. The number of nitrogens with one attached hydrogen (secondary N) is 2. The van der Waals surface area contributed by atoms with Crippen molar-refractivity contribution >= 4 is 21.6 Å². The van der Waals surface area contributed by atoms with Crippen LogP contribution in [0.3, 0.4) is 0 Å². The average Bonchev–Trinajstić information content (AvgIpc) is 2.87. The summed E-state index contributed by atoms with van der Waals surface area (Å²) in [6.45, 7) is 4.55. The Hall–Kier alpha value is -0.970. The molecule has 1 aromatic heterocycles. The minimum atomic E-state index is 0.809. The second-order valence-corrected chi connectivity index (χ2v) is 6.36. The normalized spacial score (nSPS) is 19.9. The standard InChI is InChI=1S/C15H21N3S/c1-2-6-14-13(5-1)18-15(19-14)7-9-17-11-12-4-3-8-16-10-12/h1-2,5-6,12,16-17H,3-4,7-11H2. The van der Waals surface area contributed by atoms with Crippen molar-refractivity contribution in [2.45, 2.75) is 19.3 Å². The highest BCUT2D eigenvalue weighted by Crippen LogP contribution is 2.21. The predicted octanol–water partition coefficient (Wildman–Crippen LogP) is 2.43. The van der Waals surface area contributed by atoms with E-state index in [1.807, 2.05) is 11.3 Å². The average molecular weight is 275 g/mol. The van der Waals surface area contributed by atoms with Crippen molar-refractivity contribution in [2.24, 2.45) is 5.92 Å². The van der Waals surface area contributed by atoms with Gasteiger partial charge in [-0.2, -0.15) is 0 Å². The van der Waals surface area contributed by atoms with Gasteiger partial charge in [0.2, 0.25) is 0 Å². The molecule has 19 heavy (non-hydrogen) atoms. The minimum Gasteiger partial charge on any atom is -0.316 e. The number of benzene rings is 1. The quantitative estimate of drug-likeness (QED) is 0.823. The van der Waals surface area contributed by atoms with E-state index in [-0.39, 0.29) is 0 Å². The smallest absolute Gasteiger partial charge is 0.0951 e. The van der Waals surface area contributed by atoms with Gasteiger partial charge >= 0.3 is 0 Å². The maximum Gasteiger partial charge on any atom is 0.0951 e. The van der Waals surface area contributed by atoms with Gasteiger partial charge in [0, 0.05) is 13.0 Å². The van der Waals surface area contributed by atoms with Crippen LogP contribution in [-0.4, -0.2) is 31.2 Å². The Labute approximate surface area is 118 Å². The molecule has 2 heterocycles. The first-order valence-corrected chi connectivity index (χ1v) is 7.99. The van der Waals surface area contributed by atoms with Crippen molar-refractivity contribution in [3.05, 3.63) is 29.3 Å². The summed E-state index contributed by atoms with van der Waals surface area (Å²) in [5.41, 5.74) is 1.14. The van der Waals surface area contributed by atoms with E-state index in [0.717, 1.165) is 30.9 Å². The number of aromatic nitrogens is 1. The fourth-order valence-corrected chi connectivity index (χ4v) is 3.59. The van der Waals surface area contributed by atoms with Crippen molar-refractivity contribution in [1.82, 2.24) is 15.6 Å². The zero-order valence-corrected chi connectivity index (χ0v) is 12.0. The predicted molar refractivity (Wildman–Crippen MR) is 81.8 cm³/mol. The van der Waals surface area contributed by atoms with E-state index in [2.05, 4.69) is 39.9 Å².